The highest BCUT2D eigenvalue weighted by Crippen LogP contribution is 2.34. The fourth-order valence-electron chi connectivity index (χ4n) is 10.7. The van der Waals surface area contributed by atoms with Gasteiger partial charge in [-0.15, -0.1) is 0 Å². The Morgan fingerprint density at radius 1 is 0.701 bits per heavy atom. The molecule has 0 radical (unpaired) electrons. The number of methoxy groups -OCH3 is 4. The number of nitrogens with zero attached hydrogens (tertiary/aromatic N) is 5. The fraction of sp³-hybridized carbons (Fsp3) is 0.656. The van der Waals surface area contributed by atoms with Crippen LogP contribution in [0.15, 0.2) is 60.8 Å². The summed E-state index contributed by atoms with van der Waals surface area (Å²) >= 11 is 0. The number of aromatic nitrogens is 1. The number of amides is 4. The number of hydrogen-bond acceptors (Lipinski definition) is 15. The van der Waals surface area contributed by atoms with Gasteiger partial charge < -0.3 is 68.5 Å². The van der Waals surface area contributed by atoms with Crippen LogP contribution in [0.4, 0.5) is 18.0 Å². The SMILES string of the molecule is COCCCOc1cc(C(=O)N(C(C)C)[C@@H]2CC[C@H](CCN(C(=O)Cc3ccccn3)C3CC3)NC2)ccc1OC.COCCCOc1cc(C(=O)N(C(C)C)[C@@H]2CC[C@H](CCNC3CC3)N(C(=O)OC(C)(C)C)C2)ccc1OC.O=C(O)C(F)(F)F. The number of carbonyl (C=O) groups excluding carboxylic acids is 4. The van der Waals surface area contributed by atoms with Crippen LogP contribution >= 0.6 is 0 Å². The van der Waals surface area contributed by atoms with Gasteiger partial charge in [0.2, 0.25) is 5.91 Å². The molecule has 0 bridgehead atoms. The molecule has 0 unspecified atom stereocenters. The van der Waals surface area contributed by atoms with Crippen molar-refractivity contribution in [2.75, 3.05) is 81.0 Å². The van der Waals surface area contributed by atoms with Crippen molar-refractivity contribution >= 4 is 29.8 Å². The minimum absolute atomic E-state index is 0.00493. The summed E-state index contributed by atoms with van der Waals surface area (Å²) in [4.78, 5) is 75.1. The molecular formula is C64H96F3N7O13. The molecule has 4 atom stereocenters. The van der Waals surface area contributed by atoms with Crippen molar-refractivity contribution in [3.05, 3.63) is 77.6 Å². The zero-order valence-electron chi connectivity index (χ0n) is 53.0. The predicted octanol–water partition coefficient (Wildman–Crippen LogP) is 9.61. The molecule has 23 heteroatoms. The largest absolute Gasteiger partial charge is 0.493 e. The van der Waals surface area contributed by atoms with E-state index in [0.29, 0.717) is 91.6 Å². The number of carboxylic acids is 1. The number of aliphatic carboxylic acids is 1. The summed E-state index contributed by atoms with van der Waals surface area (Å²) in [6, 6.07) is 17.8. The fourth-order valence-corrected chi connectivity index (χ4v) is 10.7. The van der Waals surface area contributed by atoms with Gasteiger partial charge in [-0.2, -0.15) is 13.2 Å². The van der Waals surface area contributed by atoms with Gasteiger partial charge in [-0.25, -0.2) is 9.59 Å². The number of carboxylic acid groups (broad SMARTS) is 1. The molecule has 0 spiro atoms. The number of halogens is 3. The second-order valence-corrected chi connectivity index (χ2v) is 24.0. The third kappa shape index (κ3) is 23.6. The van der Waals surface area contributed by atoms with Gasteiger partial charge in [0.05, 0.1) is 39.9 Å². The van der Waals surface area contributed by atoms with Gasteiger partial charge in [0.1, 0.15) is 5.60 Å². The van der Waals surface area contributed by atoms with Gasteiger partial charge in [0.25, 0.3) is 11.8 Å². The third-order valence-electron chi connectivity index (χ3n) is 15.3. The maximum atomic E-state index is 13.9. The lowest BCUT2D eigenvalue weighted by molar-refractivity contribution is -0.192. The highest BCUT2D eigenvalue weighted by molar-refractivity contribution is 5.96. The molecule has 7 rings (SSSR count). The second-order valence-electron chi connectivity index (χ2n) is 24.0. The molecule has 87 heavy (non-hydrogen) atoms. The molecular weight excluding hydrogens is 1130 g/mol. The van der Waals surface area contributed by atoms with Crippen molar-refractivity contribution < 1.29 is 75.4 Å². The van der Waals surface area contributed by atoms with Crippen molar-refractivity contribution in [3.8, 4) is 23.0 Å². The molecule has 4 fully saturated rings. The van der Waals surface area contributed by atoms with Crippen molar-refractivity contribution in [1.29, 1.82) is 0 Å². The first-order chi connectivity index (χ1) is 41.4. The predicted molar refractivity (Wildman–Crippen MR) is 324 cm³/mol. The Morgan fingerprint density at radius 2 is 1.24 bits per heavy atom. The van der Waals surface area contributed by atoms with Crippen LogP contribution in [0.5, 0.6) is 23.0 Å². The van der Waals surface area contributed by atoms with Crippen LogP contribution in [0.25, 0.3) is 0 Å². The van der Waals surface area contributed by atoms with E-state index in [2.05, 4.69) is 34.4 Å². The third-order valence-corrected chi connectivity index (χ3v) is 15.3. The number of hydrogen-bond donors (Lipinski definition) is 3. The molecule has 2 saturated heterocycles. The quantitative estimate of drug-likeness (QED) is 0.0576. The van der Waals surface area contributed by atoms with E-state index < -0.39 is 17.7 Å². The van der Waals surface area contributed by atoms with Crippen molar-refractivity contribution in [1.82, 2.24) is 35.2 Å². The number of carbonyl (C=O) groups is 5. The monoisotopic (exact) mass is 1230 g/mol. The Hall–Kier alpha value is -6.43. The van der Waals surface area contributed by atoms with Crippen molar-refractivity contribution in [2.24, 2.45) is 0 Å². The molecule has 2 aliphatic heterocycles. The average molecular weight is 1230 g/mol. The molecule has 4 aliphatic rings. The van der Waals surface area contributed by atoms with E-state index in [9.17, 15) is 32.3 Å². The van der Waals surface area contributed by atoms with Gasteiger partial charge in [-0.1, -0.05) is 6.07 Å². The van der Waals surface area contributed by atoms with E-state index in [1.54, 1.807) is 65.0 Å². The Labute approximate surface area is 512 Å². The van der Waals surface area contributed by atoms with E-state index in [-0.39, 0.29) is 54.0 Å². The smallest absolute Gasteiger partial charge is 0.490 e. The van der Waals surface area contributed by atoms with E-state index in [1.165, 1.54) is 12.8 Å². The molecule has 4 amide bonds. The lowest BCUT2D eigenvalue weighted by Gasteiger charge is -2.45. The molecule has 1 aromatic heterocycles. The van der Waals surface area contributed by atoms with Gasteiger partial charge >= 0.3 is 18.2 Å². The molecule has 2 saturated carbocycles. The van der Waals surface area contributed by atoms with Crippen molar-refractivity contribution in [2.45, 2.75) is 192 Å². The molecule has 2 aliphatic carbocycles. The molecule has 3 heterocycles. The number of ether oxygens (including phenoxy) is 7. The summed E-state index contributed by atoms with van der Waals surface area (Å²) in [6.45, 7) is 18.8. The number of nitrogens with one attached hydrogen (secondary N) is 2. The molecule has 3 aromatic rings. The summed E-state index contributed by atoms with van der Waals surface area (Å²) in [5, 5.41) is 14.4. The normalized spacial score (nSPS) is 18.5. The minimum Gasteiger partial charge on any atom is -0.493 e. The number of pyridine rings is 1. The average Bonchev–Trinajstić information content (AvgIpc) is 2.27. The Morgan fingerprint density at radius 3 is 1.69 bits per heavy atom. The summed E-state index contributed by atoms with van der Waals surface area (Å²) in [5.41, 5.74) is 1.36. The zero-order chi connectivity index (χ0) is 63.8. The molecule has 486 valence electrons. The maximum absolute atomic E-state index is 13.9. The number of benzene rings is 2. The first-order valence-corrected chi connectivity index (χ1v) is 30.6. The number of piperidine rings is 2. The van der Waals surface area contributed by atoms with Crippen LogP contribution in [-0.4, -0.2) is 201 Å². The van der Waals surface area contributed by atoms with E-state index in [1.807, 2.05) is 73.6 Å². The Balaban J connectivity index is 0.000000286. The number of alkyl halides is 3. The van der Waals surface area contributed by atoms with E-state index in [4.69, 9.17) is 43.1 Å². The van der Waals surface area contributed by atoms with Crippen LogP contribution in [0.3, 0.4) is 0 Å². The summed E-state index contributed by atoms with van der Waals surface area (Å²) in [5.74, 6) is -0.395. The maximum Gasteiger partial charge on any atom is 0.490 e. The van der Waals surface area contributed by atoms with Crippen molar-refractivity contribution in [3.63, 3.8) is 0 Å². The lowest BCUT2D eigenvalue weighted by atomic mass is 9.94. The second kappa shape index (κ2) is 34.9. The lowest BCUT2D eigenvalue weighted by Crippen LogP contribution is -2.57. The van der Waals surface area contributed by atoms with E-state index >= 15 is 0 Å². The summed E-state index contributed by atoms with van der Waals surface area (Å²) < 4.78 is 70.5. The van der Waals surface area contributed by atoms with Crippen LogP contribution in [-0.2, 0) is 30.2 Å². The summed E-state index contributed by atoms with van der Waals surface area (Å²) in [7, 11) is 6.51. The topological polar surface area (TPSA) is 220 Å². The van der Waals surface area contributed by atoms with Gasteiger partial charge in [-0.05, 0) is 168 Å². The van der Waals surface area contributed by atoms with Crippen LogP contribution in [0.1, 0.15) is 152 Å². The molecule has 20 nitrogen and oxygen atoms in total. The van der Waals surface area contributed by atoms with Crippen LogP contribution in [0.2, 0.25) is 0 Å². The standard InChI is InChI=1S/C32H46N4O5.C30H49N3O6.C2HF3O2/c1-23(2)36(32(38)24-9-14-29(40-4)30(20-24)41-19-7-18-39-3)28-11-10-25(34-22-28)15-17-35(27-12-13-27)31(37)21-26-8-5-6-16-33-26;1-21(2)33(28(34)22-9-14-26(37-7)27(19-22)38-18-8-17-36-6)25-13-12-24(15-16-31-23-10-11-23)32(20-25)29(35)39-30(3,4)5;3-2(4,5)1(6)7/h5-6,8-9,14,16,20,23,25,27-28,34H,7,10-13,15,17-19,21-22H2,1-4H3;9,14,19,21,23-25,31H,8,10-13,15-18,20H2,1-7H3;(H,6,7)/t25-,28-;24-,25-;/m11./s1. The molecule has 2 aromatic carbocycles. The zero-order valence-corrected chi connectivity index (χ0v) is 53.0. The van der Waals surface area contributed by atoms with Crippen LogP contribution in [0, 0.1) is 0 Å². The van der Waals surface area contributed by atoms with Gasteiger partial charge in [0.15, 0.2) is 23.0 Å². The van der Waals surface area contributed by atoms with E-state index in [0.717, 1.165) is 89.5 Å². The van der Waals surface area contributed by atoms with Gasteiger partial charge in [0, 0.05) is 125 Å². The minimum atomic E-state index is -5.08. The Bertz CT molecular complexity index is 2610. The highest BCUT2D eigenvalue weighted by atomic mass is 19.4. The first-order valence-electron chi connectivity index (χ1n) is 30.6. The number of rotatable bonds is 28. The number of likely N-dealkylation sites (tertiary alicyclic amines) is 1. The van der Waals surface area contributed by atoms with Gasteiger partial charge in [-0.3, -0.25) is 19.4 Å². The summed E-state index contributed by atoms with van der Waals surface area (Å²) in [6.07, 6.45) is 8.15. The Kier molecular flexibility index (Phi) is 28.6. The first kappa shape index (κ1) is 71.3. The highest BCUT2D eigenvalue weighted by Gasteiger charge is 2.41. The van der Waals surface area contributed by atoms with Crippen LogP contribution < -0.4 is 29.6 Å². The molecule has 3 N–H and O–H groups in total.